The van der Waals surface area contributed by atoms with Gasteiger partial charge in [-0.2, -0.15) is 0 Å². The number of fused-ring (bicyclic) bond motifs is 2. The fourth-order valence-corrected chi connectivity index (χ4v) is 4.01. The number of halogens is 1. The first-order valence-corrected chi connectivity index (χ1v) is 8.96. The summed E-state index contributed by atoms with van der Waals surface area (Å²) in [7, 11) is 0. The van der Waals surface area contributed by atoms with E-state index in [4.69, 9.17) is 21.1 Å². The molecule has 0 fully saturated rings. The topological polar surface area (TPSA) is 76.7 Å². The quantitative estimate of drug-likeness (QED) is 0.715. The number of anilines is 1. The molecule has 0 aliphatic carbocycles. The van der Waals surface area contributed by atoms with Gasteiger partial charge in [0.15, 0.2) is 11.5 Å². The number of carbonyl (C=O) groups is 2. The third kappa shape index (κ3) is 3.18. The Morgan fingerprint density at radius 1 is 1.12 bits per heavy atom. The second kappa shape index (κ2) is 6.86. The third-order valence-electron chi connectivity index (χ3n) is 3.81. The van der Waals surface area contributed by atoms with E-state index >= 15 is 0 Å². The minimum atomic E-state index is -0.378. The van der Waals surface area contributed by atoms with Crippen LogP contribution in [0.25, 0.3) is 10.1 Å². The lowest BCUT2D eigenvalue weighted by Gasteiger charge is -2.07. The Morgan fingerprint density at radius 2 is 1.92 bits per heavy atom. The highest BCUT2D eigenvalue weighted by Crippen LogP contribution is 2.35. The van der Waals surface area contributed by atoms with Crippen LogP contribution in [0.3, 0.4) is 0 Å². The molecule has 0 atom stereocenters. The zero-order valence-corrected chi connectivity index (χ0v) is 14.9. The van der Waals surface area contributed by atoms with Gasteiger partial charge in [-0.15, -0.1) is 11.3 Å². The van der Waals surface area contributed by atoms with E-state index < -0.39 is 0 Å². The predicted octanol–water partition coefficient (Wildman–Crippen LogP) is 3.65. The Kier molecular flexibility index (Phi) is 4.40. The molecule has 1 aliphatic heterocycles. The van der Waals surface area contributed by atoms with Gasteiger partial charge in [0, 0.05) is 21.8 Å². The van der Waals surface area contributed by atoms with Crippen molar-refractivity contribution in [3.05, 3.63) is 52.4 Å². The number of benzene rings is 2. The van der Waals surface area contributed by atoms with Crippen molar-refractivity contribution in [1.29, 1.82) is 0 Å². The minimum Gasteiger partial charge on any atom is -0.454 e. The van der Waals surface area contributed by atoms with Gasteiger partial charge in [0.05, 0.1) is 11.6 Å². The van der Waals surface area contributed by atoms with Crippen LogP contribution in [0.4, 0.5) is 5.69 Å². The molecule has 1 aromatic heterocycles. The summed E-state index contributed by atoms with van der Waals surface area (Å²) in [5.41, 5.74) is 0.563. The molecule has 8 heteroatoms. The summed E-state index contributed by atoms with van der Waals surface area (Å²) in [4.78, 5) is 24.8. The van der Waals surface area contributed by atoms with E-state index in [1.165, 1.54) is 11.3 Å². The molecule has 6 nitrogen and oxygen atoms in total. The number of thiophene rings is 1. The van der Waals surface area contributed by atoms with Crippen LogP contribution in [0.1, 0.15) is 9.67 Å². The molecular formula is C18H13ClN2O4S. The zero-order chi connectivity index (χ0) is 18.1. The average molecular weight is 389 g/mol. The molecule has 0 saturated heterocycles. The summed E-state index contributed by atoms with van der Waals surface area (Å²) in [5.74, 6) is 0.478. The van der Waals surface area contributed by atoms with Gasteiger partial charge >= 0.3 is 0 Å². The summed E-state index contributed by atoms with van der Waals surface area (Å²) < 4.78 is 11.4. The van der Waals surface area contributed by atoms with Crippen molar-refractivity contribution in [3.63, 3.8) is 0 Å². The number of amides is 2. The van der Waals surface area contributed by atoms with Crippen molar-refractivity contribution in [2.45, 2.75) is 0 Å². The Labute approximate surface area is 157 Å². The summed E-state index contributed by atoms with van der Waals surface area (Å²) in [5, 5.41) is 6.52. The number of rotatable bonds is 4. The molecule has 4 rings (SSSR count). The van der Waals surface area contributed by atoms with Gasteiger partial charge in [0.1, 0.15) is 4.88 Å². The van der Waals surface area contributed by atoms with Gasteiger partial charge in [-0.05, 0) is 18.2 Å². The molecule has 0 radical (unpaired) electrons. The predicted molar refractivity (Wildman–Crippen MR) is 100 cm³/mol. The van der Waals surface area contributed by atoms with E-state index in [2.05, 4.69) is 10.6 Å². The summed E-state index contributed by atoms with van der Waals surface area (Å²) in [6.45, 7) is -0.00341. The van der Waals surface area contributed by atoms with Crippen LogP contribution in [0, 0.1) is 0 Å². The molecule has 0 saturated carbocycles. The fourth-order valence-electron chi connectivity index (χ4n) is 2.58. The van der Waals surface area contributed by atoms with E-state index in [1.807, 2.05) is 24.3 Å². The minimum absolute atomic E-state index is 0.165. The van der Waals surface area contributed by atoms with E-state index in [0.717, 1.165) is 10.1 Å². The fraction of sp³-hybridized carbons (Fsp3) is 0.111. The van der Waals surface area contributed by atoms with Crippen LogP contribution in [0.2, 0.25) is 5.02 Å². The average Bonchev–Trinajstić information content (AvgIpc) is 3.24. The van der Waals surface area contributed by atoms with Gasteiger partial charge < -0.3 is 20.1 Å². The molecule has 3 aromatic rings. The van der Waals surface area contributed by atoms with Crippen LogP contribution in [0.5, 0.6) is 11.5 Å². The molecule has 2 amide bonds. The highest BCUT2D eigenvalue weighted by atomic mass is 35.5. The second-order valence-electron chi connectivity index (χ2n) is 5.54. The molecule has 2 aromatic carbocycles. The number of hydrogen-bond acceptors (Lipinski definition) is 5. The largest absolute Gasteiger partial charge is 0.454 e. The van der Waals surface area contributed by atoms with E-state index in [-0.39, 0.29) is 25.2 Å². The van der Waals surface area contributed by atoms with Gasteiger partial charge in [0.25, 0.3) is 5.91 Å². The first-order valence-electron chi connectivity index (χ1n) is 7.76. The molecule has 0 unspecified atom stereocenters. The molecule has 1 aliphatic rings. The first-order chi connectivity index (χ1) is 12.6. The summed E-state index contributed by atoms with van der Waals surface area (Å²) in [6.07, 6.45) is 0. The van der Waals surface area contributed by atoms with Crippen molar-refractivity contribution >= 4 is 50.5 Å². The summed E-state index contributed by atoms with van der Waals surface area (Å²) >= 11 is 7.57. The van der Waals surface area contributed by atoms with Gasteiger partial charge in [-0.1, -0.05) is 29.8 Å². The molecular weight excluding hydrogens is 376 g/mol. The normalized spacial score (nSPS) is 12.2. The maximum atomic E-state index is 12.3. The SMILES string of the molecule is O=C(CNC(=O)c1sc2ccccc2c1Cl)Nc1ccc2c(c1)OCO2. The maximum absolute atomic E-state index is 12.3. The van der Waals surface area contributed by atoms with Crippen molar-refractivity contribution < 1.29 is 19.1 Å². The van der Waals surface area contributed by atoms with Crippen LogP contribution in [0.15, 0.2) is 42.5 Å². The third-order valence-corrected chi connectivity index (χ3v) is 5.48. The molecule has 132 valence electrons. The Balaban J connectivity index is 1.39. The first kappa shape index (κ1) is 16.7. The molecule has 26 heavy (non-hydrogen) atoms. The smallest absolute Gasteiger partial charge is 0.263 e. The monoisotopic (exact) mass is 388 g/mol. The number of ether oxygens (including phenoxy) is 2. The second-order valence-corrected chi connectivity index (χ2v) is 6.97. The molecule has 0 spiro atoms. The zero-order valence-electron chi connectivity index (χ0n) is 13.4. The maximum Gasteiger partial charge on any atom is 0.263 e. The van der Waals surface area contributed by atoms with Crippen molar-refractivity contribution in [3.8, 4) is 11.5 Å². The van der Waals surface area contributed by atoms with Crippen molar-refractivity contribution in [1.82, 2.24) is 5.32 Å². The van der Waals surface area contributed by atoms with Crippen molar-refractivity contribution in [2.75, 3.05) is 18.7 Å². The lowest BCUT2D eigenvalue weighted by atomic mass is 10.2. The van der Waals surface area contributed by atoms with Gasteiger partial charge in [0.2, 0.25) is 12.7 Å². The number of nitrogens with one attached hydrogen (secondary N) is 2. The van der Waals surface area contributed by atoms with E-state index in [9.17, 15) is 9.59 Å². The standard InChI is InChI=1S/C18H13ClN2O4S/c19-16-11-3-1-2-4-14(11)26-17(16)18(23)20-8-15(22)21-10-5-6-12-13(7-10)25-9-24-12/h1-7H,8-9H2,(H,20,23)(H,21,22). The van der Waals surface area contributed by atoms with E-state index in [0.29, 0.717) is 27.1 Å². The Hall–Kier alpha value is -2.77. The molecule has 2 N–H and O–H groups in total. The molecule has 2 heterocycles. The van der Waals surface area contributed by atoms with Crippen LogP contribution in [-0.2, 0) is 4.79 Å². The van der Waals surface area contributed by atoms with Crippen LogP contribution in [-0.4, -0.2) is 25.2 Å². The lowest BCUT2D eigenvalue weighted by molar-refractivity contribution is -0.115. The van der Waals surface area contributed by atoms with Gasteiger partial charge in [-0.25, -0.2) is 0 Å². The van der Waals surface area contributed by atoms with E-state index in [1.54, 1.807) is 18.2 Å². The number of carbonyl (C=O) groups excluding carboxylic acids is 2. The number of hydrogen-bond donors (Lipinski definition) is 2. The Bertz CT molecular complexity index is 1020. The highest BCUT2D eigenvalue weighted by Gasteiger charge is 2.18. The lowest BCUT2D eigenvalue weighted by Crippen LogP contribution is -2.32. The Morgan fingerprint density at radius 3 is 2.77 bits per heavy atom. The molecule has 0 bridgehead atoms. The van der Waals surface area contributed by atoms with Crippen LogP contribution >= 0.6 is 22.9 Å². The summed E-state index contributed by atoms with van der Waals surface area (Å²) in [6, 6.07) is 12.6. The van der Waals surface area contributed by atoms with Crippen molar-refractivity contribution in [2.24, 2.45) is 0 Å². The van der Waals surface area contributed by atoms with Crippen LogP contribution < -0.4 is 20.1 Å². The van der Waals surface area contributed by atoms with Gasteiger partial charge in [-0.3, -0.25) is 9.59 Å². The highest BCUT2D eigenvalue weighted by molar-refractivity contribution is 7.21.